The van der Waals surface area contributed by atoms with Crippen LogP contribution >= 0.6 is 11.3 Å². The number of carbonyl (C=O) groups excluding carboxylic acids is 1. The molecule has 90 valence electrons. The van der Waals surface area contributed by atoms with Gasteiger partial charge in [-0.25, -0.2) is 4.98 Å². The topological polar surface area (TPSA) is 47.8 Å². The van der Waals surface area contributed by atoms with Crippen LogP contribution in [0.2, 0.25) is 0 Å². The van der Waals surface area contributed by atoms with E-state index in [9.17, 15) is 4.79 Å². The van der Waals surface area contributed by atoms with Crippen LogP contribution in [0.25, 0.3) is 10.6 Å². The lowest BCUT2D eigenvalue weighted by molar-refractivity contribution is 0.102. The second-order valence-corrected chi connectivity index (χ2v) is 5.01. The van der Waals surface area contributed by atoms with E-state index in [1.807, 2.05) is 20.2 Å². The molecule has 4 nitrogen and oxygen atoms in total. The van der Waals surface area contributed by atoms with Crippen molar-refractivity contribution in [1.82, 2.24) is 14.8 Å². The predicted molar refractivity (Wildman–Crippen MR) is 68.4 cm³/mol. The molecule has 2 rings (SSSR count). The normalized spacial score (nSPS) is 10.8. The molecular weight excluding hydrogens is 234 g/mol. The predicted octanol–water partition coefficient (Wildman–Crippen LogP) is 2.62. The molecule has 0 N–H and O–H groups in total. The first-order valence-electron chi connectivity index (χ1n) is 5.54. The van der Waals surface area contributed by atoms with Crippen LogP contribution in [0, 0.1) is 6.92 Å². The smallest absolute Gasteiger partial charge is 0.171 e. The molecular formula is C12H15N3OS. The zero-order valence-corrected chi connectivity index (χ0v) is 11.3. The number of hydrogen-bond acceptors (Lipinski definition) is 4. The van der Waals surface area contributed by atoms with Crippen molar-refractivity contribution in [2.24, 2.45) is 7.05 Å². The van der Waals surface area contributed by atoms with E-state index in [1.54, 1.807) is 11.6 Å². The summed E-state index contributed by atoms with van der Waals surface area (Å²) in [6.45, 7) is 5.52. The Morgan fingerprint density at radius 3 is 2.76 bits per heavy atom. The third kappa shape index (κ3) is 2.15. The Labute approximate surface area is 104 Å². The number of ketones is 1. The highest BCUT2D eigenvalue weighted by atomic mass is 32.1. The summed E-state index contributed by atoms with van der Waals surface area (Å²) in [7, 11) is 1.90. The van der Waals surface area contributed by atoms with Gasteiger partial charge in [0, 0.05) is 20.2 Å². The van der Waals surface area contributed by atoms with Crippen LogP contribution in [0.5, 0.6) is 0 Å². The molecule has 2 aromatic rings. The van der Waals surface area contributed by atoms with Gasteiger partial charge in [-0.3, -0.25) is 9.48 Å². The van der Waals surface area contributed by atoms with Gasteiger partial charge in [-0.05, 0) is 13.3 Å². The van der Waals surface area contributed by atoms with Crippen molar-refractivity contribution in [2.45, 2.75) is 27.2 Å². The molecule has 0 radical (unpaired) electrons. The number of hydrogen-bond donors (Lipinski definition) is 0. The molecule has 0 unspecified atom stereocenters. The van der Waals surface area contributed by atoms with Crippen LogP contribution in [0.4, 0.5) is 0 Å². The molecule has 2 heterocycles. The summed E-state index contributed by atoms with van der Waals surface area (Å²) in [5.41, 5.74) is 2.87. The fourth-order valence-electron chi connectivity index (χ4n) is 1.81. The Hall–Kier alpha value is -1.49. The number of aryl methyl sites for hydroxylation is 3. The maximum absolute atomic E-state index is 11.4. The molecule has 0 aliphatic carbocycles. The summed E-state index contributed by atoms with van der Waals surface area (Å²) in [5, 5.41) is 5.27. The van der Waals surface area contributed by atoms with Gasteiger partial charge in [-0.15, -0.1) is 11.3 Å². The average Bonchev–Trinajstić information content (AvgIpc) is 2.81. The maximum atomic E-state index is 11.4. The van der Waals surface area contributed by atoms with E-state index in [4.69, 9.17) is 0 Å². The van der Waals surface area contributed by atoms with Crippen molar-refractivity contribution < 1.29 is 4.79 Å². The van der Waals surface area contributed by atoms with Gasteiger partial charge in [-0.1, -0.05) is 6.92 Å². The van der Waals surface area contributed by atoms with Gasteiger partial charge in [0.1, 0.15) is 5.01 Å². The van der Waals surface area contributed by atoms with Crippen molar-refractivity contribution in [2.75, 3.05) is 0 Å². The molecule has 0 spiro atoms. The lowest BCUT2D eigenvalue weighted by atomic mass is 10.2. The highest BCUT2D eigenvalue weighted by molar-refractivity contribution is 7.17. The van der Waals surface area contributed by atoms with E-state index >= 15 is 0 Å². The minimum absolute atomic E-state index is 0.0770. The average molecular weight is 249 g/mol. The van der Waals surface area contributed by atoms with Crippen LogP contribution < -0.4 is 0 Å². The quantitative estimate of drug-likeness (QED) is 0.786. The van der Waals surface area contributed by atoms with Crippen molar-refractivity contribution in [3.8, 4) is 10.6 Å². The minimum Gasteiger partial charge on any atom is -0.294 e. The summed E-state index contributed by atoms with van der Waals surface area (Å²) in [6.07, 6.45) is 2.82. The van der Waals surface area contributed by atoms with Gasteiger partial charge >= 0.3 is 0 Å². The van der Waals surface area contributed by atoms with Gasteiger partial charge < -0.3 is 0 Å². The van der Waals surface area contributed by atoms with Crippen molar-refractivity contribution in [3.63, 3.8) is 0 Å². The van der Waals surface area contributed by atoms with E-state index in [2.05, 4.69) is 17.0 Å². The van der Waals surface area contributed by atoms with Gasteiger partial charge in [0.05, 0.1) is 21.8 Å². The second-order valence-electron chi connectivity index (χ2n) is 4.01. The number of aromatic nitrogens is 3. The lowest BCUT2D eigenvalue weighted by Gasteiger charge is -1.92. The highest BCUT2D eigenvalue weighted by Crippen LogP contribution is 2.30. The lowest BCUT2D eigenvalue weighted by Crippen LogP contribution is -1.89. The van der Waals surface area contributed by atoms with Crippen LogP contribution in [0.15, 0.2) is 6.20 Å². The van der Waals surface area contributed by atoms with E-state index in [1.165, 1.54) is 11.3 Å². The molecule has 0 aromatic carbocycles. The fraction of sp³-hybridized carbons (Fsp3) is 0.417. The summed E-state index contributed by atoms with van der Waals surface area (Å²) >= 11 is 1.45. The van der Waals surface area contributed by atoms with Crippen molar-refractivity contribution >= 4 is 17.1 Å². The first kappa shape index (κ1) is 12.0. The highest BCUT2D eigenvalue weighted by Gasteiger charge is 2.16. The largest absolute Gasteiger partial charge is 0.294 e. The minimum atomic E-state index is 0.0770. The van der Waals surface area contributed by atoms with Crippen molar-refractivity contribution in [3.05, 3.63) is 22.5 Å². The molecule has 0 atom stereocenters. The molecule has 0 saturated carbocycles. The second kappa shape index (κ2) is 4.41. The van der Waals surface area contributed by atoms with E-state index in [-0.39, 0.29) is 5.78 Å². The summed E-state index contributed by atoms with van der Waals surface area (Å²) in [5.74, 6) is 0.0770. The van der Waals surface area contributed by atoms with Gasteiger partial charge in [0.25, 0.3) is 0 Å². The monoisotopic (exact) mass is 249 g/mol. The van der Waals surface area contributed by atoms with Crippen LogP contribution in [0.3, 0.4) is 0 Å². The van der Waals surface area contributed by atoms with E-state index in [0.717, 1.165) is 33.3 Å². The zero-order chi connectivity index (χ0) is 12.6. The summed E-state index contributed by atoms with van der Waals surface area (Å²) in [4.78, 5) is 16.6. The van der Waals surface area contributed by atoms with Crippen LogP contribution in [-0.2, 0) is 13.5 Å². The van der Waals surface area contributed by atoms with Gasteiger partial charge in [-0.2, -0.15) is 5.10 Å². The summed E-state index contributed by atoms with van der Waals surface area (Å²) < 4.78 is 1.79. The molecule has 5 heteroatoms. The maximum Gasteiger partial charge on any atom is 0.171 e. The SMILES string of the molecule is CCc1nn(C)cc1-c1nc(C)c(C(C)=O)s1. The first-order valence-corrected chi connectivity index (χ1v) is 6.35. The fourth-order valence-corrected chi connectivity index (χ4v) is 2.81. The molecule has 0 amide bonds. The van der Waals surface area contributed by atoms with Crippen LogP contribution in [0.1, 0.15) is 34.9 Å². The Morgan fingerprint density at radius 2 is 2.24 bits per heavy atom. The van der Waals surface area contributed by atoms with E-state index < -0.39 is 0 Å². The Kier molecular flexibility index (Phi) is 3.11. The molecule has 0 aliphatic rings. The molecule has 17 heavy (non-hydrogen) atoms. The number of carbonyl (C=O) groups is 1. The van der Waals surface area contributed by atoms with E-state index in [0.29, 0.717) is 0 Å². The Balaban J connectivity index is 2.53. The summed E-state index contributed by atoms with van der Waals surface area (Å²) in [6, 6.07) is 0. The molecule has 0 bridgehead atoms. The Bertz CT molecular complexity index is 568. The van der Waals surface area contributed by atoms with Gasteiger partial charge in [0.15, 0.2) is 5.78 Å². The first-order chi connectivity index (χ1) is 8.02. The zero-order valence-electron chi connectivity index (χ0n) is 10.4. The molecule has 0 fully saturated rings. The Morgan fingerprint density at radius 1 is 1.53 bits per heavy atom. The van der Waals surface area contributed by atoms with Crippen molar-refractivity contribution in [1.29, 1.82) is 0 Å². The number of Topliss-reactive ketones (excluding diaryl/α,β-unsaturated/α-hetero) is 1. The molecule has 2 aromatic heterocycles. The molecule has 0 saturated heterocycles. The molecule has 0 aliphatic heterocycles. The third-order valence-electron chi connectivity index (χ3n) is 2.59. The van der Waals surface area contributed by atoms with Gasteiger partial charge in [0.2, 0.25) is 0 Å². The standard InChI is InChI=1S/C12H15N3OS/c1-5-10-9(6-15(4)14-10)12-13-7(2)11(17-12)8(3)16/h6H,5H2,1-4H3. The third-order valence-corrected chi connectivity index (χ3v) is 3.88. The number of thiazole rings is 1. The number of nitrogens with zero attached hydrogens (tertiary/aromatic N) is 3. The van der Waals surface area contributed by atoms with Crippen LogP contribution in [-0.4, -0.2) is 20.5 Å². The number of rotatable bonds is 3.